The fourth-order valence-corrected chi connectivity index (χ4v) is 1.84. The minimum absolute atomic E-state index is 0.389. The quantitative estimate of drug-likeness (QED) is 0.649. The lowest BCUT2D eigenvalue weighted by atomic mass is 9.86. The Bertz CT molecular complexity index is 106. The highest BCUT2D eigenvalue weighted by Gasteiger charge is 2.21. The van der Waals surface area contributed by atoms with Gasteiger partial charge in [-0.25, -0.2) is 0 Å². The Kier molecular flexibility index (Phi) is 3.34. The third-order valence-electron chi connectivity index (χ3n) is 2.80. The maximum atomic E-state index is 8.90. The van der Waals surface area contributed by atoms with Crippen LogP contribution in [-0.4, -0.2) is 36.8 Å². The smallest absolute Gasteiger partial charge is 0.0459 e. The van der Waals surface area contributed by atoms with Crippen LogP contribution in [0.3, 0.4) is 0 Å². The van der Waals surface area contributed by atoms with Gasteiger partial charge in [0.05, 0.1) is 0 Å². The second-order valence-corrected chi connectivity index (χ2v) is 3.82. The molecular formula is C9H19NO. The number of aliphatic hydroxyl groups excluding tert-OH is 1. The van der Waals surface area contributed by atoms with Gasteiger partial charge in [0.1, 0.15) is 0 Å². The summed E-state index contributed by atoms with van der Waals surface area (Å²) < 4.78 is 0. The van der Waals surface area contributed by atoms with Crippen molar-refractivity contribution in [1.82, 2.24) is 4.90 Å². The second kappa shape index (κ2) is 4.07. The molecule has 0 spiro atoms. The van der Waals surface area contributed by atoms with Gasteiger partial charge < -0.3 is 10.0 Å². The van der Waals surface area contributed by atoms with E-state index in [9.17, 15) is 0 Å². The van der Waals surface area contributed by atoms with Gasteiger partial charge in [-0.2, -0.15) is 0 Å². The molecule has 0 unspecified atom stereocenters. The summed E-state index contributed by atoms with van der Waals surface area (Å²) in [5.74, 6) is 0.589. The van der Waals surface area contributed by atoms with Crippen LogP contribution >= 0.6 is 0 Å². The molecule has 0 radical (unpaired) electrons. The Hall–Kier alpha value is -0.0800. The summed E-state index contributed by atoms with van der Waals surface area (Å²) in [5, 5.41) is 8.90. The van der Waals surface area contributed by atoms with Crippen molar-refractivity contribution >= 4 is 0 Å². The molecule has 0 aromatic rings. The highest BCUT2D eigenvalue weighted by Crippen LogP contribution is 2.25. The first kappa shape index (κ1) is 9.01. The monoisotopic (exact) mass is 157 g/mol. The van der Waals surface area contributed by atoms with E-state index in [-0.39, 0.29) is 0 Å². The van der Waals surface area contributed by atoms with Crippen molar-refractivity contribution in [1.29, 1.82) is 0 Å². The molecule has 11 heavy (non-hydrogen) atoms. The fraction of sp³-hybridized carbons (Fsp3) is 1.00. The van der Waals surface area contributed by atoms with Crippen LogP contribution in [0.1, 0.15) is 25.7 Å². The number of hydrogen-bond donors (Lipinski definition) is 1. The summed E-state index contributed by atoms with van der Waals surface area (Å²) in [6.45, 7) is 0.389. The molecule has 0 aromatic heterocycles. The van der Waals surface area contributed by atoms with E-state index >= 15 is 0 Å². The molecule has 1 aliphatic rings. The van der Waals surface area contributed by atoms with Gasteiger partial charge in [-0.05, 0) is 45.7 Å². The number of hydrogen-bond acceptors (Lipinski definition) is 2. The molecular weight excluding hydrogens is 138 g/mol. The van der Waals surface area contributed by atoms with E-state index in [0.717, 1.165) is 6.04 Å². The summed E-state index contributed by atoms with van der Waals surface area (Å²) in [5.41, 5.74) is 0. The zero-order valence-electron chi connectivity index (χ0n) is 7.58. The molecule has 0 bridgehead atoms. The lowest BCUT2D eigenvalue weighted by Gasteiger charge is -2.31. The Morgan fingerprint density at radius 3 is 2.09 bits per heavy atom. The van der Waals surface area contributed by atoms with E-state index in [1.165, 1.54) is 25.7 Å². The van der Waals surface area contributed by atoms with Crippen molar-refractivity contribution in [2.75, 3.05) is 20.7 Å². The molecule has 0 aliphatic heterocycles. The minimum Gasteiger partial charge on any atom is -0.396 e. The topological polar surface area (TPSA) is 23.5 Å². The van der Waals surface area contributed by atoms with E-state index in [1.807, 2.05) is 0 Å². The molecule has 0 amide bonds. The van der Waals surface area contributed by atoms with Gasteiger partial charge in [0.15, 0.2) is 0 Å². The van der Waals surface area contributed by atoms with E-state index in [1.54, 1.807) is 0 Å². The molecule has 2 nitrogen and oxygen atoms in total. The third-order valence-corrected chi connectivity index (χ3v) is 2.80. The van der Waals surface area contributed by atoms with E-state index < -0.39 is 0 Å². The van der Waals surface area contributed by atoms with Crippen LogP contribution in [0.15, 0.2) is 0 Å². The van der Waals surface area contributed by atoms with Crippen LogP contribution in [0.4, 0.5) is 0 Å². The van der Waals surface area contributed by atoms with Gasteiger partial charge in [0, 0.05) is 12.6 Å². The highest BCUT2D eigenvalue weighted by atomic mass is 16.3. The summed E-state index contributed by atoms with van der Waals surface area (Å²) >= 11 is 0. The van der Waals surface area contributed by atoms with Crippen molar-refractivity contribution in [3.63, 3.8) is 0 Å². The van der Waals surface area contributed by atoms with E-state index in [0.29, 0.717) is 12.5 Å². The molecule has 0 atom stereocenters. The summed E-state index contributed by atoms with van der Waals surface area (Å²) in [6.07, 6.45) is 4.94. The van der Waals surface area contributed by atoms with Gasteiger partial charge in [0.2, 0.25) is 0 Å². The maximum Gasteiger partial charge on any atom is 0.0459 e. The second-order valence-electron chi connectivity index (χ2n) is 3.82. The van der Waals surface area contributed by atoms with E-state index in [4.69, 9.17) is 5.11 Å². The molecule has 0 heterocycles. The average Bonchev–Trinajstić information content (AvgIpc) is 2.05. The Labute approximate surface area is 69.2 Å². The fourth-order valence-electron chi connectivity index (χ4n) is 1.84. The van der Waals surface area contributed by atoms with Crippen LogP contribution in [0.2, 0.25) is 0 Å². The Balaban J connectivity index is 2.24. The number of aliphatic hydroxyl groups is 1. The molecule has 66 valence electrons. The van der Waals surface area contributed by atoms with Crippen LogP contribution < -0.4 is 0 Å². The molecule has 0 aromatic carbocycles. The predicted octanol–water partition coefficient (Wildman–Crippen LogP) is 1.10. The average molecular weight is 157 g/mol. The highest BCUT2D eigenvalue weighted by molar-refractivity contribution is 4.76. The van der Waals surface area contributed by atoms with Crippen molar-refractivity contribution < 1.29 is 5.11 Å². The van der Waals surface area contributed by atoms with Gasteiger partial charge >= 0.3 is 0 Å². The Morgan fingerprint density at radius 2 is 1.73 bits per heavy atom. The molecule has 1 N–H and O–H groups in total. The zero-order chi connectivity index (χ0) is 8.27. The first-order chi connectivity index (χ1) is 5.24. The number of rotatable bonds is 2. The standard InChI is InChI=1S/C9H19NO/c1-10(2)9-5-3-8(7-11)4-6-9/h8-9,11H,3-7H2,1-2H3/t8-,9+. The van der Waals surface area contributed by atoms with Crippen LogP contribution in [-0.2, 0) is 0 Å². The van der Waals surface area contributed by atoms with Gasteiger partial charge in [-0.15, -0.1) is 0 Å². The van der Waals surface area contributed by atoms with E-state index in [2.05, 4.69) is 19.0 Å². The van der Waals surface area contributed by atoms with Crippen LogP contribution in [0, 0.1) is 5.92 Å². The summed E-state index contributed by atoms with van der Waals surface area (Å²) in [6, 6.07) is 0.762. The van der Waals surface area contributed by atoms with Crippen LogP contribution in [0.5, 0.6) is 0 Å². The lowest BCUT2D eigenvalue weighted by molar-refractivity contribution is 0.141. The SMILES string of the molecule is CN(C)[C@H]1CC[C@@H](CO)CC1. The molecule has 1 rings (SSSR count). The van der Waals surface area contributed by atoms with Crippen molar-refractivity contribution in [2.24, 2.45) is 5.92 Å². The maximum absolute atomic E-state index is 8.90. The molecule has 2 heteroatoms. The predicted molar refractivity (Wildman–Crippen MR) is 46.5 cm³/mol. The van der Waals surface area contributed by atoms with Gasteiger partial charge in [0.25, 0.3) is 0 Å². The largest absolute Gasteiger partial charge is 0.396 e. The first-order valence-corrected chi connectivity index (χ1v) is 4.51. The third kappa shape index (κ3) is 2.46. The van der Waals surface area contributed by atoms with Crippen LogP contribution in [0.25, 0.3) is 0 Å². The zero-order valence-corrected chi connectivity index (χ0v) is 7.58. The summed E-state index contributed by atoms with van der Waals surface area (Å²) in [7, 11) is 4.29. The lowest BCUT2D eigenvalue weighted by Crippen LogP contribution is -2.32. The molecule has 1 fully saturated rings. The van der Waals surface area contributed by atoms with Crippen molar-refractivity contribution in [3.8, 4) is 0 Å². The molecule has 1 aliphatic carbocycles. The van der Waals surface area contributed by atoms with Crippen molar-refractivity contribution in [3.05, 3.63) is 0 Å². The Morgan fingerprint density at radius 1 is 1.18 bits per heavy atom. The summed E-state index contributed by atoms with van der Waals surface area (Å²) in [4.78, 5) is 2.30. The molecule has 0 saturated heterocycles. The van der Waals surface area contributed by atoms with Gasteiger partial charge in [-0.3, -0.25) is 0 Å². The first-order valence-electron chi connectivity index (χ1n) is 4.51. The molecule has 1 saturated carbocycles. The minimum atomic E-state index is 0.389. The number of nitrogens with zero attached hydrogens (tertiary/aromatic N) is 1. The van der Waals surface area contributed by atoms with Crippen molar-refractivity contribution in [2.45, 2.75) is 31.7 Å². The van der Waals surface area contributed by atoms with Gasteiger partial charge in [-0.1, -0.05) is 0 Å². The normalized spacial score (nSPS) is 32.7.